The molecular weight excluding hydrogens is 264 g/mol. The van der Waals surface area contributed by atoms with E-state index in [0.717, 1.165) is 12.8 Å². The van der Waals surface area contributed by atoms with Gasteiger partial charge < -0.3 is 14.5 Å². The van der Waals surface area contributed by atoms with Crippen LogP contribution in [0.3, 0.4) is 0 Å². The second kappa shape index (κ2) is 6.36. The summed E-state index contributed by atoms with van der Waals surface area (Å²) in [5.41, 5.74) is 0. The van der Waals surface area contributed by atoms with Crippen molar-refractivity contribution in [3.63, 3.8) is 0 Å². The number of piperidine rings is 1. The highest BCUT2D eigenvalue weighted by Crippen LogP contribution is 2.18. The van der Waals surface area contributed by atoms with Gasteiger partial charge in [0.2, 0.25) is 17.7 Å². The largest absolute Gasteiger partial charge is 0.453 e. The lowest BCUT2D eigenvalue weighted by Gasteiger charge is -2.33. The first-order valence-electron chi connectivity index (χ1n) is 6.53. The zero-order valence-corrected chi connectivity index (χ0v) is 11.6. The second-order valence-electron chi connectivity index (χ2n) is 4.61. The van der Waals surface area contributed by atoms with E-state index in [1.54, 1.807) is 6.92 Å². The zero-order valence-electron chi connectivity index (χ0n) is 11.6. The Morgan fingerprint density at radius 2 is 2.25 bits per heavy atom. The van der Waals surface area contributed by atoms with Gasteiger partial charge in [0.15, 0.2) is 0 Å². The molecule has 1 N–H and O–H groups in total. The van der Waals surface area contributed by atoms with Crippen molar-refractivity contribution in [2.45, 2.75) is 38.8 Å². The average Bonchev–Trinajstić information content (AvgIpc) is 2.89. The van der Waals surface area contributed by atoms with E-state index in [2.05, 4.69) is 15.5 Å². The number of carbonyl (C=O) groups excluding carboxylic acids is 2. The van der Waals surface area contributed by atoms with Crippen LogP contribution in [0.2, 0.25) is 0 Å². The minimum Gasteiger partial charge on any atom is -0.453 e. The summed E-state index contributed by atoms with van der Waals surface area (Å²) in [7, 11) is 1.31. The molecular formula is C12H18N4O4. The van der Waals surface area contributed by atoms with E-state index in [4.69, 9.17) is 9.15 Å². The summed E-state index contributed by atoms with van der Waals surface area (Å²) in [6.07, 6.45) is 1.94. The number of aromatic nitrogens is 2. The number of aryl methyl sites for hydroxylation is 1. The van der Waals surface area contributed by atoms with Crippen LogP contribution in [0.25, 0.3) is 0 Å². The topological polar surface area (TPSA) is 97.6 Å². The first kappa shape index (κ1) is 14.3. The van der Waals surface area contributed by atoms with Gasteiger partial charge in [-0.25, -0.2) is 4.79 Å². The molecule has 8 heteroatoms. The molecule has 1 aromatic rings. The van der Waals surface area contributed by atoms with Crippen LogP contribution in [0.5, 0.6) is 0 Å². The van der Waals surface area contributed by atoms with E-state index >= 15 is 0 Å². The van der Waals surface area contributed by atoms with E-state index in [0.29, 0.717) is 24.7 Å². The van der Waals surface area contributed by atoms with E-state index < -0.39 is 12.1 Å². The number of nitrogens with one attached hydrogen (secondary N) is 1. The Bertz CT molecular complexity index is 488. The minimum absolute atomic E-state index is 0.158. The van der Waals surface area contributed by atoms with E-state index in [1.165, 1.54) is 12.0 Å². The number of carbonyl (C=O) groups is 2. The third-order valence-corrected chi connectivity index (χ3v) is 3.20. The van der Waals surface area contributed by atoms with Crippen LogP contribution in [0.15, 0.2) is 4.42 Å². The Labute approximate surface area is 116 Å². The number of hydrogen-bond acceptors (Lipinski definition) is 6. The Morgan fingerprint density at radius 3 is 2.90 bits per heavy atom. The van der Waals surface area contributed by atoms with E-state index in [1.807, 2.05) is 0 Å². The van der Waals surface area contributed by atoms with Gasteiger partial charge in [-0.15, -0.1) is 10.2 Å². The van der Waals surface area contributed by atoms with Crippen molar-refractivity contribution in [1.82, 2.24) is 20.4 Å². The summed E-state index contributed by atoms with van der Waals surface area (Å²) < 4.78 is 9.88. The molecule has 2 heterocycles. The number of hydrogen-bond donors (Lipinski definition) is 1. The lowest BCUT2D eigenvalue weighted by molar-refractivity contribution is -0.127. The summed E-state index contributed by atoms with van der Waals surface area (Å²) in [6.45, 7) is 2.37. The number of ether oxygens (including phenoxy) is 1. The summed E-state index contributed by atoms with van der Waals surface area (Å²) in [6, 6.07) is -0.500. The number of nitrogens with zero attached hydrogens (tertiary/aromatic N) is 3. The zero-order chi connectivity index (χ0) is 14.5. The molecule has 1 aromatic heterocycles. The maximum absolute atomic E-state index is 12.2. The fourth-order valence-electron chi connectivity index (χ4n) is 2.23. The van der Waals surface area contributed by atoms with Gasteiger partial charge in [0.25, 0.3) is 0 Å². The fourth-order valence-corrected chi connectivity index (χ4v) is 2.23. The van der Waals surface area contributed by atoms with Gasteiger partial charge in [0, 0.05) is 13.5 Å². The maximum atomic E-state index is 12.2. The molecule has 1 atom stereocenters. The summed E-state index contributed by atoms with van der Waals surface area (Å²) in [5, 5.41) is 10.2. The molecule has 0 saturated carbocycles. The normalized spacial score (nSPS) is 18.7. The van der Waals surface area contributed by atoms with Crippen LogP contribution in [-0.2, 0) is 16.1 Å². The molecule has 0 bridgehead atoms. The Balaban J connectivity index is 1.93. The van der Waals surface area contributed by atoms with E-state index in [9.17, 15) is 9.59 Å². The van der Waals surface area contributed by atoms with Gasteiger partial charge in [-0.1, -0.05) is 0 Å². The average molecular weight is 282 g/mol. The van der Waals surface area contributed by atoms with Crippen LogP contribution in [0.1, 0.15) is 31.0 Å². The summed E-state index contributed by atoms with van der Waals surface area (Å²) in [4.78, 5) is 25.3. The van der Waals surface area contributed by atoms with Crippen LogP contribution in [0.4, 0.5) is 4.79 Å². The molecule has 2 amide bonds. The predicted molar refractivity (Wildman–Crippen MR) is 67.6 cm³/mol. The van der Waals surface area contributed by atoms with Crippen molar-refractivity contribution >= 4 is 12.0 Å². The molecule has 2 rings (SSSR count). The SMILES string of the molecule is COC(=O)N1CCCC[C@@H]1C(=O)NCc1nnc(C)o1. The standard InChI is InChI=1S/C12H18N4O4/c1-8-14-15-10(20-8)7-13-11(17)9-5-3-4-6-16(9)12(18)19-2/h9H,3-7H2,1-2H3,(H,13,17)/t9-/m1/s1. The molecule has 1 saturated heterocycles. The van der Waals surface area contributed by atoms with Crippen molar-refractivity contribution in [3.05, 3.63) is 11.8 Å². The monoisotopic (exact) mass is 282 g/mol. The molecule has 0 spiro atoms. The lowest BCUT2D eigenvalue weighted by Crippen LogP contribution is -2.51. The molecule has 0 aromatic carbocycles. The van der Waals surface area contributed by atoms with Crippen LogP contribution in [0, 0.1) is 6.92 Å². The van der Waals surface area contributed by atoms with Crippen molar-refractivity contribution in [1.29, 1.82) is 0 Å². The van der Waals surface area contributed by atoms with Crippen molar-refractivity contribution in [2.75, 3.05) is 13.7 Å². The molecule has 1 aliphatic rings. The van der Waals surface area contributed by atoms with Crippen LogP contribution < -0.4 is 5.32 Å². The van der Waals surface area contributed by atoms with Gasteiger partial charge in [-0.05, 0) is 19.3 Å². The van der Waals surface area contributed by atoms with Gasteiger partial charge >= 0.3 is 6.09 Å². The highest BCUT2D eigenvalue weighted by Gasteiger charge is 2.32. The maximum Gasteiger partial charge on any atom is 0.410 e. The first-order valence-corrected chi connectivity index (χ1v) is 6.53. The minimum atomic E-state index is -0.500. The first-order chi connectivity index (χ1) is 9.61. The lowest BCUT2D eigenvalue weighted by atomic mass is 10.0. The number of likely N-dealkylation sites (tertiary alicyclic amines) is 1. The molecule has 20 heavy (non-hydrogen) atoms. The van der Waals surface area contributed by atoms with Gasteiger partial charge in [-0.3, -0.25) is 9.69 Å². The molecule has 8 nitrogen and oxygen atoms in total. The summed E-state index contributed by atoms with van der Waals surface area (Å²) in [5.74, 6) is 0.560. The Hall–Kier alpha value is -2.12. The summed E-state index contributed by atoms with van der Waals surface area (Å²) >= 11 is 0. The molecule has 0 radical (unpaired) electrons. The van der Waals surface area contributed by atoms with Crippen molar-refractivity contribution in [2.24, 2.45) is 0 Å². The third-order valence-electron chi connectivity index (χ3n) is 3.20. The third kappa shape index (κ3) is 3.25. The highest BCUT2D eigenvalue weighted by molar-refractivity contribution is 5.85. The number of methoxy groups -OCH3 is 1. The predicted octanol–water partition coefficient (Wildman–Crippen LogP) is 0.615. The van der Waals surface area contributed by atoms with Crippen molar-refractivity contribution < 1.29 is 18.7 Å². The smallest absolute Gasteiger partial charge is 0.410 e. The quantitative estimate of drug-likeness (QED) is 0.872. The molecule has 1 fully saturated rings. The molecule has 110 valence electrons. The van der Waals surface area contributed by atoms with Gasteiger partial charge in [0.05, 0.1) is 13.7 Å². The molecule has 1 aliphatic heterocycles. The van der Waals surface area contributed by atoms with Gasteiger partial charge in [-0.2, -0.15) is 0 Å². The highest BCUT2D eigenvalue weighted by atomic mass is 16.5. The Kier molecular flexibility index (Phi) is 4.54. The van der Waals surface area contributed by atoms with Crippen LogP contribution >= 0.6 is 0 Å². The van der Waals surface area contributed by atoms with Crippen LogP contribution in [-0.4, -0.2) is 46.8 Å². The number of rotatable bonds is 3. The van der Waals surface area contributed by atoms with E-state index in [-0.39, 0.29) is 12.5 Å². The fraction of sp³-hybridized carbons (Fsp3) is 0.667. The Morgan fingerprint density at radius 1 is 1.45 bits per heavy atom. The molecule has 0 aliphatic carbocycles. The number of amides is 2. The van der Waals surface area contributed by atoms with Gasteiger partial charge in [0.1, 0.15) is 6.04 Å². The van der Waals surface area contributed by atoms with Crippen molar-refractivity contribution in [3.8, 4) is 0 Å². The molecule has 0 unspecified atom stereocenters. The second-order valence-corrected chi connectivity index (χ2v) is 4.61.